The van der Waals surface area contributed by atoms with Crippen LogP contribution in [0.4, 0.5) is 0 Å². The molecule has 0 saturated heterocycles. The number of phenolic OH excluding ortho intramolecular Hbond substituents is 1. The Hall–Kier alpha value is -3.73. The molecule has 0 aliphatic carbocycles. The number of nitrogens with zero attached hydrogens (tertiary/aromatic N) is 2. The summed E-state index contributed by atoms with van der Waals surface area (Å²) in [7, 11) is 0. The number of benzene rings is 3. The van der Waals surface area contributed by atoms with E-state index in [1.807, 2.05) is 54.6 Å². The molecule has 0 unspecified atom stereocenters. The highest BCUT2D eigenvalue weighted by molar-refractivity contribution is 6.12. The van der Waals surface area contributed by atoms with Gasteiger partial charge in [0.25, 0.3) is 0 Å². The molecule has 0 atom stereocenters. The van der Waals surface area contributed by atoms with Crippen molar-refractivity contribution in [2.45, 2.75) is 0 Å². The van der Waals surface area contributed by atoms with E-state index in [4.69, 9.17) is 0 Å². The lowest BCUT2D eigenvalue weighted by molar-refractivity contribution is 0.103. The van der Waals surface area contributed by atoms with E-state index in [1.54, 1.807) is 18.2 Å². The van der Waals surface area contributed by atoms with Gasteiger partial charge in [0.1, 0.15) is 11.4 Å². The maximum absolute atomic E-state index is 12.7. The summed E-state index contributed by atoms with van der Waals surface area (Å²) < 4.78 is 0. The Morgan fingerprint density at radius 3 is 2.08 bits per heavy atom. The molecule has 1 aromatic heterocycles. The van der Waals surface area contributed by atoms with Gasteiger partial charge in [-0.1, -0.05) is 66.7 Å². The van der Waals surface area contributed by atoms with E-state index in [1.165, 1.54) is 6.07 Å². The molecule has 0 spiro atoms. The zero-order chi connectivity index (χ0) is 17.9. The molecule has 4 rings (SSSR count). The van der Waals surface area contributed by atoms with Crippen LogP contribution in [0.15, 0.2) is 78.9 Å². The van der Waals surface area contributed by atoms with Gasteiger partial charge in [-0.2, -0.15) is 15.4 Å². The van der Waals surface area contributed by atoms with Crippen molar-refractivity contribution in [2.75, 3.05) is 0 Å². The molecular weight excluding hydrogens is 326 g/mol. The lowest BCUT2D eigenvalue weighted by Gasteiger charge is -2.05. The number of hydrogen-bond acceptors (Lipinski definition) is 4. The average molecular weight is 341 g/mol. The standard InChI is InChI=1S/C21H15N3O2/c25-18-9-5-4-8-17(18)21(26)20-19(22-24-23-20)16-12-10-15(11-13-16)14-6-2-1-3-7-14/h1-13,25H,(H,22,23,24). The van der Waals surface area contributed by atoms with Crippen molar-refractivity contribution in [1.29, 1.82) is 0 Å². The molecule has 1 heterocycles. The van der Waals surface area contributed by atoms with Crippen molar-refractivity contribution in [3.63, 3.8) is 0 Å². The zero-order valence-corrected chi connectivity index (χ0v) is 13.8. The maximum Gasteiger partial charge on any atom is 0.219 e. The molecule has 0 amide bonds. The number of carbonyl (C=O) groups excluding carboxylic acids is 1. The molecule has 0 aliphatic rings. The lowest BCUT2D eigenvalue weighted by Crippen LogP contribution is -2.04. The smallest absolute Gasteiger partial charge is 0.219 e. The number of nitrogens with one attached hydrogen (secondary N) is 1. The molecule has 5 heteroatoms. The van der Waals surface area contributed by atoms with Crippen LogP contribution in [-0.4, -0.2) is 26.3 Å². The van der Waals surface area contributed by atoms with E-state index in [2.05, 4.69) is 15.4 Å². The van der Waals surface area contributed by atoms with Crippen LogP contribution in [0.25, 0.3) is 22.4 Å². The summed E-state index contributed by atoms with van der Waals surface area (Å²) in [6, 6.07) is 24.2. The third kappa shape index (κ3) is 2.86. The Morgan fingerprint density at radius 1 is 0.731 bits per heavy atom. The minimum atomic E-state index is -0.376. The van der Waals surface area contributed by atoms with E-state index in [9.17, 15) is 9.90 Å². The van der Waals surface area contributed by atoms with Gasteiger partial charge in [-0.25, -0.2) is 0 Å². The summed E-state index contributed by atoms with van der Waals surface area (Å²) in [5, 5.41) is 20.6. The lowest BCUT2D eigenvalue weighted by atomic mass is 10.00. The van der Waals surface area contributed by atoms with Gasteiger partial charge in [0, 0.05) is 5.56 Å². The van der Waals surface area contributed by atoms with Crippen molar-refractivity contribution in [1.82, 2.24) is 15.4 Å². The van der Waals surface area contributed by atoms with Gasteiger partial charge in [-0.15, -0.1) is 0 Å². The molecule has 0 saturated carbocycles. The topological polar surface area (TPSA) is 78.9 Å². The molecule has 0 aliphatic heterocycles. The number of phenols is 1. The molecule has 0 radical (unpaired) electrons. The normalized spacial score (nSPS) is 10.6. The number of H-pyrrole nitrogens is 1. The first-order valence-corrected chi connectivity index (χ1v) is 8.13. The number of aromatic nitrogens is 3. The van der Waals surface area contributed by atoms with Gasteiger partial charge >= 0.3 is 0 Å². The van der Waals surface area contributed by atoms with E-state index in [-0.39, 0.29) is 22.8 Å². The van der Waals surface area contributed by atoms with Crippen LogP contribution in [0, 0.1) is 0 Å². The second-order valence-corrected chi connectivity index (χ2v) is 5.81. The van der Waals surface area contributed by atoms with Gasteiger partial charge in [0.15, 0.2) is 5.69 Å². The first-order valence-electron chi connectivity index (χ1n) is 8.13. The fourth-order valence-corrected chi connectivity index (χ4v) is 2.83. The largest absolute Gasteiger partial charge is 0.507 e. The minimum Gasteiger partial charge on any atom is -0.507 e. The molecule has 0 bridgehead atoms. The molecule has 126 valence electrons. The molecule has 2 N–H and O–H groups in total. The third-order valence-electron chi connectivity index (χ3n) is 4.18. The van der Waals surface area contributed by atoms with Crippen LogP contribution >= 0.6 is 0 Å². The van der Waals surface area contributed by atoms with Crippen molar-refractivity contribution in [2.24, 2.45) is 0 Å². The van der Waals surface area contributed by atoms with E-state index < -0.39 is 0 Å². The van der Waals surface area contributed by atoms with Crippen LogP contribution in [0.2, 0.25) is 0 Å². The van der Waals surface area contributed by atoms with Gasteiger partial charge < -0.3 is 5.11 Å². The molecule has 26 heavy (non-hydrogen) atoms. The Labute approximate surface area is 150 Å². The van der Waals surface area contributed by atoms with Crippen LogP contribution in [-0.2, 0) is 0 Å². The quantitative estimate of drug-likeness (QED) is 0.548. The summed E-state index contributed by atoms with van der Waals surface area (Å²) in [5.74, 6) is -0.454. The highest BCUT2D eigenvalue weighted by atomic mass is 16.3. The highest BCUT2D eigenvalue weighted by Crippen LogP contribution is 2.27. The van der Waals surface area contributed by atoms with E-state index >= 15 is 0 Å². The summed E-state index contributed by atoms with van der Waals surface area (Å²) in [4.78, 5) is 12.7. The van der Waals surface area contributed by atoms with E-state index in [0.29, 0.717) is 5.69 Å². The number of aromatic hydroxyl groups is 1. The van der Waals surface area contributed by atoms with Gasteiger partial charge in [-0.3, -0.25) is 4.79 Å². The summed E-state index contributed by atoms with van der Waals surface area (Å²) in [6.07, 6.45) is 0. The van der Waals surface area contributed by atoms with Gasteiger partial charge in [-0.05, 0) is 23.3 Å². The molecule has 4 aromatic rings. The summed E-state index contributed by atoms with van der Waals surface area (Å²) in [6.45, 7) is 0. The third-order valence-corrected chi connectivity index (χ3v) is 4.18. The fourth-order valence-electron chi connectivity index (χ4n) is 2.83. The number of rotatable bonds is 4. The fraction of sp³-hybridized carbons (Fsp3) is 0. The maximum atomic E-state index is 12.7. The van der Waals surface area contributed by atoms with Crippen molar-refractivity contribution >= 4 is 5.78 Å². The Kier molecular flexibility index (Phi) is 4.03. The monoisotopic (exact) mass is 341 g/mol. The summed E-state index contributed by atoms with van der Waals surface area (Å²) in [5.41, 5.74) is 3.80. The highest BCUT2D eigenvalue weighted by Gasteiger charge is 2.21. The first kappa shape index (κ1) is 15.8. The number of para-hydroxylation sites is 1. The Morgan fingerprint density at radius 2 is 1.35 bits per heavy atom. The Bertz CT molecular complexity index is 1050. The SMILES string of the molecule is O=C(c1ccccc1O)c1n[nH]nc1-c1ccc(-c2ccccc2)cc1. The van der Waals surface area contributed by atoms with Crippen LogP contribution in [0.5, 0.6) is 5.75 Å². The summed E-state index contributed by atoms with van der Waals surface area (Å²) >= 11 is 0. The molecular formula is C21H15N3O2. The Balaban J connectivity index is 1.69. The number of hydrogen-bond donors (Lipinski definition) is 2. The minimum absolute atomic E-state index is 0.0779. The zero-order valence-electron chi connectivity index (χ0n) is 13.8. The average Bonchev–Trinajstić information content (AvgIpc) is 3.18. The van der Waals surface area contributed by atoms with Gasteiger partial charge in [0.2, 0.25) is 5.78 Å². The predicted molar refractivity (Wildman–Crippen MR) is 98.8 cm³/mol. The number of ketones is 1. The van der Waals surface area contributed by atoms with Crippen molar-refractivity contribution < 1.29 is 9.90 Å². The van der Waals surface area contributed by atoms with Crippen LogP contribution < -0.4 is 0 Å². The van der Waals surface area contributed by atoms with Crippen LogP contribution in [0.1, 0.15) is 16.1 Å². The van der Waals surface area contributed by atoms with Crippen LogP contribution in [0.3, 0.4) is 0 Å². The number of carbonyl (C=O) groups is 1. The molecule has 0 fully saturated rings. The molecule has 3 aromatic carbocycles. The van der Waals surface area contributed by atoms with Crippen molar-refractivity contribution in [3.8, 4) is 28.1 Å². The second kappa shape index (κ2) is 6.64. The van der Waals surface area contributed by atoms with Crippen molar-refractivity contribution in [3.05, 3.63) is 90.1 Å². The predicted octanol–water partition coefficient (Wildman–Crippen LogP) is 4.08. The van der Waals surface area contributed by atoms with Gasteiger partial charge in [0.05, 0.1) is 5.56 Å². The molecule has 5 nitrogen and oxygen atoms in total. The second-order valence-electron chi connectivity index (χ2n) is 5.81. The first-order chi connectivity index (χ1) is 12.7. The number of aromatic amines is 1. The van der Waals surface area contributed by atoms with E-state index in [0.717, 1.165) is 16.7 Å².